The van der Waals surface area contributed by atoms with Crippen molar-refractivity contribution in [3.63, 3.8) is 0 Å². The fraction of sp³-hybridized carbons (Fsp3) is 0.375. The van der Waals surface area contributed by atoms with Gasteiger partial charge < -0.3 is 4.40 Å². The Kier molecular flexibility index (Phi) is 3.71. The van der Waals surface area contributed by atoms with Crippen LogP contribution < -0.4 is 0 Å². The summed E-state index contributed by atoms with van der Waals surface area (Å²) in [6, 6.07) is 6.50. The molecule has 0 atom stereocenters. The molecule has 0 spiro atoms. The normalized spacial score (nSPS) is 13.1. The molecule has 0 aliphatic carbocycles. The van der Waals surface area contributed by atoms with Gasteiger partial charge in [0.2, 0.25) is 0 Å². The van der Waals surface area contributed by atoms with Crippen LogP contribution in [-0.4, -0.2) is 37.9 Å². The van der Waals surface area contributed by atoms with Gasteiger partial charge in [-0.15, -0.1) is 0 Å². The van der Waals surface area contributed by atoms with E-state index in [9.17, 15) is 0 Å². The van der Waals surface area contributed by atoms with Crippen molar-refractivity contribution in [2.24, 2.45) is 0 Å². The molecule has 3 aromatic heterocycles. The minimum atomic E-state index is 0.0107. The SMILES string of the molecule is BC(B)(B)c1cc2nc(C(C)(C)C)ccc2c2nc(Br)c(C)n12. The van der Waals surface area contributed by atoms with Gasteiger partial charge >= 0.3 is 0 Å². The molecule has 0 N–H and O–H groups in total. The van der Waals surface area contributed by atoms with Gasteiger partial charge in [-0.25, -0.2) is 4.98 Å². The largest absolute Gasteiger partial charge is 0.301 e. The van der Waals surface area contributed by atoms with Gasteiger partial charge in [0.1, 0.15) is 10.3 Å². The van der Waals surface area contributed by atoms with E-state index in [-0.39, 0.29) is 10.5 Å². The van der Waals surface area contributed by atoms with Crippen molar-refractivity contribution in [3.8, 4) is 0 Å². The average molecular weight is 368 g/mol. The number of rotatable bonds is 1. The summed E-state index contributed by atoms with van der Waals surface area (Å²) >= 11 is 3.59. The van der Waals surface area contributed by atoms with Crippen molar-refractivity contribution in [2.45, 2.75) is 38.2 Å². The van der Waals surface area contributed by atoms with Crippen molar-refractivity contribution >= 4 is 56.0 Å². The summed E-state index contributed by atoms with van der Waals surface area (Å²) < 4.78 is 3.15. The lowest BCUT2D eigenvalue weighted by Gasteiger charge is -2.23. The van der Waals surface area contributed by atoms with Gasteiger partial charge in [-0.05, 0) is 41.1 Å². The van der Waals surface area contributed by atoms with E-state index in [0.29, 0.717) is 0 Å². The van der Waals surface area contributed by atoms with Crippen molar-refractivity contribution in [3.05, 3.63) is 39.9 Å². The molecule has 0 fully saturated rings. The van der Waals surface area contributed by atoms with Crippen LogP contribution in [0.5, 0.6) is 0 Å². The minimum absolute atomic E-state index is 0.0107. The van der Waals surface area contributed by atoms with Gasteiger partial charge in [-0.3, -0.25) is 4.98 Å². The Labute approximate surface area is 148 Å². The third-order valence-electron chi connectivity index (χ3n) is 4.27. The molecule has 0 unspecified atom stereocenters. The molecule has 0 aliphatic heterocycles. The maximum atomic E-state index is 4.94. The molecule has 23 heavy (non-hydrogen) atoms. The number of fused-ring (bicyclic) bond motifs is 3. The maximum Gasteiger partial charge on any atom is 0.147 e. The smallest absolute Gasteiger partial charge is 0.147 e. The first-order valence-electron chi connectivity index (χ1n) is 7.99. The van der Waals surface area contributed by atoms with Crippen LogP contribution in [0, 0.1) is 6.92 Å². The molecule has 3 aromatic rings. The predicted molar refractivity (Wildman–Crippen MR) is 109 cm³/mol. The van der Waals surface area contributed by atoms with Crippen molar-refractivity contribution in [1.29, 1.82) is 0 Å². The Morgan fingerprint density at radius 2 is 1.74 bits per heavy atom. The molecular formula is C16H21B3BrN3. The van der Waals surface area contributed by atoms with Crippen LogP contribution in [0.2, 0.25) is 0 Å². The highest BCUT2D eigenvalue weighted by Gasteiger charge is 2.23. The second-order valence-electron chi connectivity index (χ2n) is 8.31. The molecule has 0 saturated carbocycles. The molecule has 0 saturated heterocycles. The highest BCUT2D eigenvalue weighted by atomic mass is 79.9. The molecule has 116 valence electrons. The Balaban J connectivity index is 2.48. The number of halogens is 1. The summed E-state index contributed by atoms with van der Waals surface area (Å²) in [5.74, 6) is 0. The molecule has 3 rings (SSSR count). The van der Waals surface area contributed by atoms with Gasteiger partial charge in [-0.2, -0.15) is 0 Å². The number of aromatic nitrogens is 3. The Morgan fingerprint density at radius 3 is 2.30 bits per heavy atom. The van der Waals surface area contributed by atoms with E-state index < -0.39 is 0 Å². The maximum absolute atomic E-state index is 4.94. The van der Waals surface area contributed by atoms with Gasteiger partial charge in [0.05, 0.1) is 34.7 Å². The van der Waals surface area contributed by atoms with E-state index in [1.54, 1.807) is 0 Å². The Hall–Kier alpha value is -1.23. The molecule has 3 heterocycles. The highest BCUT2D eigenvalue weighted by molar-refractivity contribution is 9.10. The first-order valence-corrected chi connectivity index (χ1v) is 8.79. The number of hydrogen-bond acceptors (Lipinski definition) is 2. The fourth-order valence-electron chi connectivity index (χ4n) is 2.89. The fourth-order valence-corrected chi connectivity index (χ4v) is 3.23. The van der Waals surface area contributed by atoms with Crippen molar-refractivity contribution in [2.75, 3.05) is 0 Å². The summed E-state index contributed by atoms with van der Waals surface area (Å²) in [6.45, 7) is 8.68. The zero-order chi connectivity index (χ0) is 17.2. The first-order chi connectivity index (χ1) is 10.5. The predicted octanol–water partition coefficient (Wildman–Crippen LogP) is 1.26. The van der Waals surface area contributed by atoms with Gasteiger partial charge in [0, 0.05) is 22.2 Å². The van der Waals surface area contributed by atoms with Gasteiger partial charge in [0.25, 0.3) is 0 Å². The molecule has 0 bridgehead atoms. The number of nitrogens with zero attached hydrogens (tertiary/aromatic N) is 3. The summed E-state index contributed by atoms with van der Waals surface area (Å²) in [7, 11) is 6.69. The van der Waals surface area contributed by atoms with Crippen molar-refractivity contribution < 1.29 is 0 Å². The average Bonchev–Trinajstić information content (AvgIpc) is 2.72. The Bertz CT molecular complexity index is 920. The molecule has 0 aliphatic rings. The van der Waals surface area contributed by atoms with Crippen LogP contribution in [0.25, 0.3) is 16.6 Å². The van der Waals surface area contributed by atoms with Crippen LogP contribution in [0.4, 0.5) is 0 Å². The lowest BCUT2D eigenvalue weighted by Crippen LogP contribution is -2.30. The standard InChI is InChI=1S/C16H21B3BrN3/c1-8-13(20)22-14-9-5-6-11(15(2,3)4)21-10(9)7-12(23(8)14)16(17,18)19/h5-7H,17-19H2,1-4H3. The van der Waals surface area contributed by atoms with Crippen LogP contribution in [0.15, 0.2) is 22.8 Å². The van der Waals surface area contributed by atoms with E-state index in [1.165, 1.54) is 5.69 Å². The first kappa shape index (κ1) is 16.6. The van der Waals surface area contributed by atoms with Crippen LogP contribution in [0.1, 0.15) is 37.9 Å². The van der Waals surface area contributed by atoms with Crippen LogP contribution in [-0.2, 0) is 10.5 Å². The third-order valence-corrected chi connectivity index (χ3v) is 5.02. The lowest BCUT2D eigenvalue weighted by molar-refractivity contribution is 0.571. The zero-order valence-corrected chi connectivity index (χ0v) is 16.5. The lowest BCUT2D eigenvalue weighted by atomic mass is 9.41. The zero-order valence-electron chi connectivity index (χ0n) is 15.0. The Morgan fingerprint density at radius 1 is 1.09 bits per heavy atom. The van der Waals surface area contributed by atoms with E-state index in [1.807, 2.05) is 0 Å². The third kappa shape index (κ3) is 2.73. The van der Waals surface area contributed by atoms with E-state index in [2.05, 4.69) is 89.8 Å². The second kappa shape index (κ2) is 5.14. The number of pyridine rings is 2. The minimum Gasteiger partial charge on any atom is -0.301 e. The van der Waals surface area contributed by atoms with E-state index in [4.69, 9.17) is 9.97 Å². The number of hydrogen-bond donors (Lipinski definition) is 0. The monoisotopic (exact) mass is 367 g/mol. The molecule has 3 nitrogen and oxygen atoms in total. The van der Waals surface area contributed by atoms with Crippen LogP contribution >= 0.6 is 15.9 Å². The van der Waals surface area contributed by atoms with Crippen LogP contribution in [0.3, 0.4) is 0 Å². The molecule has 0 aromatic carbocycles. The van der Waals surface area contributed by atoms with E-state index in [0.717, 1.165) is 32.5 Å². The van der Waals surface area contributed by atoms with Gasteiger partial charge in [0.15, 0.2) is 0 Å². The summed E-state index contributed by atoms with van der Waals surface area (Å²) in [4.78, 5) is 9.69. The molecular weight excluding hydrogens is 347 g/mol. The number of aryl methyl sites for hydroxylation is 1. The molecule has 7 heteroatoms. The summed E-state index contributed by atoms with van der Waals surface area (Å²) in [5, 5.41) is 1.11. The van der Waals surface area contributed by atoms with E-state index >= 15 is 0 Å². The van der Waals surface area contributed by atoms with Gasteiger partial charge in [-0.1, -0.05) is 25.9 Å². The topological polar surface area (TPSA) is 30.2 Å². The second-order valence-corrected chi connectivity index (χ2v) is 9.06. The number of imidazole rings is 1. The molecule has 0 amide bonds. The quantitative estimate of drug-likeness (QED) is 0.606. The highest BCUT2D eigenvalue weighted by Crippen LogP contribution is 2.31. The molecule has 0 radical (unpaired) electrons. The summed E-state index contributed by atoms with van der Waals surface area (Å²) in [5.41, 5.74) is 5.50. The van der Waals surface area contributed by atoms with Crippen molar-refractivity contribution in [1.82, 2.24) is 14.4 Å². The summed E-state index contributed by atoms with van der Waals surface area (Å²) in [6.07, 6.45) is 0.